The smallest absolute Gasteiger partial charge is 0.00773 e. The highest BCUT2D eigenvalue weighted by molar-refractivity contribution is 4.78. The van der Waals surface area contributed by atoms with Crippen molar-refractivity contribution in [1.29, 1.82) is 0 Å². The molecule has 0 radical (unpaired) electrons. The van der Waals surface area contributed by atoms with Gasteiger partial charge in [0.1, 0.15) is 0 Å². The van der Waals surface area contributed by atoms with Crippen LogP contribution in [0.25, 0.3) is 0 Å². The lowest BCUT2D eigenvalue weighted by molar-refractivity contribution is 0.193. The largest absolute Gasteiger partial charge is 0.330 e. The lowest BCUT2D eigenvalue weighted by Crippen LogP contribution is -2.20. The van der Waals surface area contributed by atoms with Gasteiger partial charge in [0.25, 0.3) is 0 Å². The highest BCUT2D eigenvalue weighted by Crippen LogP contribution is 2.39. The van der Waals surface area contributed by atoms with E-state index in [0.29, 0.717) is 5.41 Å². The summed E-state index contributed by atoms with van der Waals surface area (Å²) >= 11 is 0. The van der Waals surface area contributed by atoms with Gasteiger partial charge in [0.2, 0.25) is 0 Å². The predicted octanol–water partition coefficient (Wildman–Crippen LogP) is 3.09. The van der Waals surface area contributed by atoms with Crippen LogP contribution in [-0.2, 0) is 0 Å². The highest BCUT2D eigenvalue weighted by atomic mass is 14.5. The zero-order valence-electron chi connectivity index (χ0n) is 8.44. The third-order valence-electron chi connectivity index (χ3n) is 3.30. The van der Waals surface area contributed by atoms with E-state index in [4.69, 9.17) is 5.73 Å². The summed E-state index contributed by atoms with van der Waals surface area (Å²) in [6.07, 6.45) is 11.3. The van der Waals surface area contributed by atoms with Crippen LogP contribution in [0.15, 0.2) is 0 Å². The number of hydrogen-bond donors (Lipinski definition) is 1. The lowest BCUT2D eigenvalue weighted by atomic mass is 9.72. The van der Waals surface area contributed by atoms with E-state index in [0.717, 1.165) is 6.54 Å². The molecule has 1 nitrogen and oxygen atoms in total. The Hall–Kier alpha value is -0.0400. The molecule has 2 N–H and O–H groups in total. The van der Waals surface area contributed by atoms with Gasteiger partial charge >= 0.3 is 0 Å². The molecular weight excluding hydrogens is 146 g/mol. The summed E-state index contributed by atoms with van der Waals surface area (Å²) in [5, 5.41) is 0. The molecule has 0 aromatic heterocycles. The van der Waals surface area contributed by atoms with Crippen LogP contribution in [-0.4, -0.2) is 6.54 Å². The van der Waals surface area contributed by atoms with E-state index < -0.39 is 0 Å². The lowest BCUT2D eigenvalue weighted by Gasteiger charge is -2.33. The Labute approximate surface area is 76.7 Å². The fourth-order valence-corrected chi connectivity index (χ4v) is 2.35. The van der Waals surface area contributed by atoms with E-state index in [1.165, 1.54) is 51.4 Å². The highest BCUT2D eigenvalue weighted by Gasteiger charge is 2.25. The van der Waals surface area contributed by atoms with Crippen LogP contribution in [0.4, 0.5) is 0 Å². The van der Waals surface area contributed by atoms with E-state index >= 15 is 0 Å². The van der Waals surface area contributed by atoms with Crippen molar-refractivity contribution in [1.82, 2.24) is 0 Å². The van der Waals surface area contributed by atoms with Crippen molar-refractivity contribution in [2.24, 2.45) is 11.1 Å². The Morgan fingerprint density at radius 2 is 1.75 bits per heavy atom. The summed E-state index contributed by atoms with van der Waals surface area (Å²) in [4.78, 5) is 0. The average Bonchev–Trinajstić information content (AvgIpc) is 2.06. The summed E-state index contributed by atoms with van der Waals surface area (Å²) in [6, 6.07) is 0. The second kappa shape index (κ2) is 4.86. The van der Waals surface area contributed by atoms with Gasteiger partial charge in [-0.25, -0.2) is 0 Å². The third-order valence-corrected chi connectivity index (χ3v) is 3.30. The minimum Gasteiger partial charge on any atom is -0.330 e. The molecule has 12 heavy (non-hydrogen) atoms. The Morgan fingerprint density at radius 1 is 1.08 bits per heavy atom. The minimum atomic E-state index is 0.674. The van der Waals surface area contributed by atoms with Crippen molar-refractivity contribution in [3.63, 3.8) is 0 Å². The van der Waals surface area contributed by atoms with Crippen molar-refractivity contribution < 1.29 is 0 Å². The van der Waals surface area contributed by atoms with Crippen LogP contribution in [0.3, 0.4) is 0 Å². The van der Waals surface area contributed by atoms with E-state index in [9.17, 15) is 0 Å². The molecule has 1 aliphatic carbocycles. The van der Waals surface area contributed by atoms with Crippen LogP contribution in [0.2, 0.25) is 0 Å². The van der Waals surface area contributed by atoms with Crippen molar-refractivity contribution in [3.05, 3.63) is 0 Å². The molecule has 0 aliphatic heterocycles. The summed E-state index contributed by atoms with van der Waals surface area (Å²) in [6.45, 7) is 3.33. The molecule has 0 aromatic carbocycles. The van der Waals surface area contributed by atoms with Gasteiger partial charge in [-0.15, -0.1) is 0 Å². The van der Waals surface area contributed by atoms with Crippen LogP contribution >= 0.6 is 0 Å². The van der Waals surface area contributed by atoms with E-state index in [1.807, 2.05) is 0 Å². The summed E-state index contributed by atoms with van der Waals surface area (Å²) < 4.78 is 0. The number of unbranched alkanes of at least 4 members (excludes halogenated alkanes) is 1. The Bertz CT molecular complexity index is 114. The first-order valence-corrected chi connectivity index (χ1v) is 5.47. The predicted molar refractivity (Wildman–Crippen MR) is 54.1 cm³/mol. The maximum absolute atomic E-state index is 5.49. The van der Waals surface area contributed by atoms with Gasteiger partial charge in [-0.2, -0.15) is 0 Å². The topological polar surface area (TPSA) is 26.0 Å². The maximum Gasteiger partial charge on any atom is -0.00773 e. The van der Waals surface area contributed by atoms with Crippen molar-refractivity contribution >= 4 is 0 Å². The molecule has 0 heterocycles. The Morgan fingerprint density at radius 3 is 2.33 bits per heavy atom. The minimum absolute atomic E-state index is 0.674. The maximum atomic E-state index is 5.49. The molecule has 0 amide bonds. The van der Waals surface area contributed by atoms with Crippen LogP contribution in [0.5, 0.6) is 0 Å². The Kier molecular flexibility index (Phi) is 4.07. The number of rotatable bonds is 4. The van der Waals surface area contributed by atoms with Gasteiger partial charge in [0.05, 0.1) is 0 Å². The first-order chi connectivity index (χ1) is 5.77. The summed E-state index contributed by atoms with van der Waals surface area (Å²) in [7, 11) is 0. The average molecular weight is 169 g/mol. The second-order valence-corrected chi connectivity index (χ2v) is 4.62. The van der Waals surface area contributed by atoms with Gasteiger partial charge in [-0.1, -0.05) is 32.6 Å². The Balaban J connectivity index is 2.17. The third kappa shape index (κ3) is 3.14. The molecular formula is C11H23N. The molecule has 0 aromatic rings. The molecule has 0 unspecified atom stereocenters. The van der Waals surface area contributed by atoms with Gasteiger partial charge < -0.3 is 5.73 Å². The van der Waals surface area contributed by atoms with E-state index in [-0.39, 0.29) is 0 Å². The van der Waals surface area contributed by atoms with Crippen LogP contribution in [0, 0.1) is 5.41 Å². The summed E-state index contributed by atoms with van der Waals surface area (Å²) in [5.74, 6) is 0. The van der Waals surface area contributed by atoms with Gasteiger partial charge in [0.15, 0.2) is 0 Å². The standard InChI is InChI=1S/C11H23N/c1-11(9-5-6-10-12)7-3-2-4-8-11/h2-10,12H2,1H3. The molecule has 1 aliphatic rings. The molecule has 1 fully saturated rings. The van der Waals surface area contributed by atoms with Crippen molar-refractivity contribution in [3.8, 4) is 0 Å². The first-order valence-electron chi connectivity index (χ1n) is 5.47. The molecule has 0 bridgehead atoms. The normalized spacial score (nSPS) is 22.5. The first kappa shape index (κ1) is 10.0. The van der Waals surface area contributed by atoms with Crippen LogP contribution in [0.1, 0.15) is 58.3 Å². The van der Waals surface area contributed by atoms with Crippen molar-refractivity contribution in [2.75, 3.05) is 6.54 Å². The molecule has 1 rings (SSSR count). The molecule has 1 saturated carbocycles. The summed E-state index contributed by atoms with van der Waals surface area (Å²) in [5.41, 5.74) is 6.16. The van der Waals surface area contributed by atoms with E-state index in [2.05, 4.69) is 6.92 Å². The van der Waals surface area contributed by atoms with Gasteiger partial charge in [-0.05, 0) is 37.6 Å². The monoisotopic (exact) mass is 169 g/mol. The molecule has 72 valence electrons. The van der Waals surface area contributed by atoms with Crippen molar-refractivity contribution in [2.45, 2.75) is 58.3 Å². The fraction of sp³-hybridized carbons (Fsp3) is 1.00. The number of nitrogens with two attached hydrogens (primary N) is 1. The van der Waals surface area contributed by atoms with Gasteiger partial charge in [0, 0.05) is 0 Å². The molecule has 0 atom stereocenters. The fourth-order valence-electron chi connectivity index (χ4n) is 2.35. The number of hydrogen-bond acceptors (Lipinski definition) is 1. The molecule has 0 spiro atoms. The molecule has 1 heteroatoms. The van der Waals surface area contributed by atoms with Crippen LogP contribution < -0.4 is 5.73 Å². The molecule has 0 saturated heterocycles. The quantitative estimate of drug-likeness (QED) is 0.643. The SMILES string of the molecule is CC1(CCCCN)CCCCC1. The van der Waals surface area contributed by atoms with Gasteiger partial charge in [-0.3, -0.25) is 0 Å². The zero-order valence-corrected chi connectivity index (χ0v) is 8.44. The zero-order chi connectivity index (χ0) is 8.86. The second-order valence-electron chi connectivity index (χ2n) is 4.62. The van der Waals surface area contributed by atoms with E-state index in [1.54, 1.807) is 0 Å².